The average Bonchev–Trinajstić information content (AvgIpc) is 2.80. The molecule has 1 aromatic carbocycles. The molecule has 2 aromatic heterocycles. The smallest absolute Gasteiger partial charge is 0.0631 e. The topological polar surface area (TPSA) is 28.7 Å². The molecule has 0 aliphatic carbocycles. The summed E-state index contributed by atoms with van der Waals surface area (Å²) in [4.78, 5) is 7.67. The minimum Gasteiger partial charge on any atom is -0.355 e. The van der Waals surface area contributed by atoms with Gasteiger partial charge in [0.25, 0.3) is 0 Å². The summed E-state index contributed by atoms with van der Waals surface area (Å²) in [5.74, 6) is 0. The Hall–Kier alpha value is -1.39. The van der Waals surface area contributed by atoms with Crippen molar-refractivity contribution in [2.45, 2.75) is 0 Å². The van der Waals surface area contributed by atoms with E-state index in [1.54, 1.807) is 6.20 Å². The molecule has 0 unspecified atom stereocenters. The van der Waals surface area contributed by atoms with Gasteiger partial charge in [-0.25, -0.2) is 0 Å². The van der Waals surface area contributed by atoms with Crippen molar-refractivity contribution in [3.8, 4) is 0 Å². The van der Waals surface area contributed by atoms with Crippen molar-refractivity contribution in [2.24, 2.45) is 0 Å². The number of H-pyrrole nitrogens is 1. The Bertz CT molecular complexity index is 742. The first-order valence-corrected chi connectivity index (χ1v) is 7.37. The van der Waals surface area contributed by atoms with Crippen LogP contribution in [-0.2, 0) is 0 Å². The van der Waals surface area contributed by atoms with Crippen LogP contribution in [0.15, 0.2) is 51.5 Å². The zero-order chi connectivity index (χ0) is 13.2. The summed E-state index contributed by atoms with van der Waals surface area (Å²) in [6, 6.07) is 12.3. The van der Waals surface area contributed by atoms with Crippen LogP contribution in [0.25, 0.3) is 23.1 Å². The van der Waals surface area contributed by atoms with Crippen molar-refractivity contribution in [1.29, 1.82) is 0 Å². The molecule has 0 atom stereocenters. The van der Waals surface area contributed by atoms with E-state index in [9.17, 15) is 0 Å². The van der Waals surface area contributed by atoms with Crippen LogP contribution in [0.3, 0.4) is 0 Å². The highest BCUT2D eigenvalue weighted by Gasteiger charge is 1.98. The fourth-order valence-electron chi connectivity index (χ4n) is 1.87. The van der Waals surface area contributed by atoms with E-state index in [1.807, 2.05) is 30.4 Å². The minimum absolute atomic E-state index is 0.933. The van der Waals surface area contributed by atoms with Crippen LogP contribution in [-0.4, -0.2) is 9.97 Å². The number of hydrogen-bond donors (Lipinski definition) is 1. The van der Waals surface area contributed by atoms with Gasteiger partial charge in [-0.05, 0) is 58.4 Å². The van der Waals surface area contributed by atoms with Crippen LogP contribution in [0, 0.1) is 0 Å². The first kappa shape index (κ1) is 12.6. The molecule has 0 saturated carbocycles. The molecule has 94 valence electrons. The number of benzene rings is 1. The monoisotopic (exact) mass is 376 g/mol. The molecule has 0 saturated heterocycles. The Labute approximate surface area is 127 Å². The maximum atomic E-state index is 4.31. The number of halogens is 2. The lowest BCUT2D eigenvalue weighted by molar-refractivity contribution is 1.28. The molecule has 3 aromatic rings. The fraction of sp³-hybridized carbons (Fsp3) is 0. The van der Waals surface area contributed by atoms with Crippen LogP contribution in [0.5, 0.6) is 0 Å². The molecule has 0 aliphatic heterocycles. The predicted molar refractivity (Wildman–Crippen MR) is 86.9 cm³/mol. The van der Waals surface area contributed by atoms with Gasteiger partial charge in [0, 0.05) is 31.7 Å². The van der Waals surface area contributed by atoms with Gasteiger partial charge in [-0.3, -0.25) is 4.98 Å². The van der Waals surface area contributed by atoms with Gasteiger partial charge in [0.15, 0.2) is 0 Å². The predicted octanol–water partition coefficient (Wildman–Crippen LogP) is 5.26. The average molecular weight is 378 g/mol. The van der Waals surface area contributed by atoms with E-state index in [1.165, 1.54) is 5.39 Å². The maximum absolute atomic E-state index is 4.31. The molecule has 2 heterocycles. The Morgan fingerprint density at radius 1 is 0.947 bits per heavy atom. The van der Waals surface area contributed by atoms with E-state index in [2.05, 4.69) is 60.0 Å². The van der Waals surface area contributed by atoms with Gasteiger partial charge in [-0.15, -0.1) is 0 Å². The lowest BCUT2D eigenvalue weighted by Gasteiger charge is -1.92. The largest absolute Gasteiger partial charge is 0.355 e. The van der Waals surface area contributed by atoms with Gasteiger partial charge < -0.3 is 4.98 Å². The Balaban J connectivity index is 1.90. The summed E-state index contributed by atoms with van der Waals surface area (Å²) >= 11 is 6.85. The van der Waals surface area contributed by atoms with Gasteiger partial charge >= 0.3 is 0 Å². The molecule has 3 rings (SSSR count). The molecule has 19 heavy (non-hydrogen) atoms. The van der Waals surface area contributed by atoms with Crippen molar-refractivity contribution in [3.63, 3.8) is 0 Å². The van der Waals surface area contributed by atoms with E-state index in [0.29, 0.717) is 0 Å². The molecule has 2 nitrogen and oxygen atoms in total. The second kappa shape index (κ2) is 5.31. The second-order valence-corrected chi connectivity index (χ2v) is 6.02. The normalized spacial score (nSPS) is 11.5. The lowest BCUT2D eigenvalue weighted by Crippen LogP contribution is -1.78. The quantitative estimate of drug-likeness (QED) is 0.648. The Morgan fingerprint density at radius 3 is 2.58 bits per heavy atom. The fourth-order valence-corrected chi connectivity index (χ4v) is 2.47. The van der Waals surface area contributed by atoms with Crippen molar-refractivity contribution in [2.75, 3.05) is 0 Å². The molecule has 0 aliphatic rings. The third-order valence-electron chi connectivity index (χ3n) is 2.79. The molecule has 4 heteroatoms. The number of hydrogen-bond acceptors (Lipinski definition) is 1. The number of rotatable bonds is 2. The lowest BCUT2D eigenvalue weighted by atomic mass is 10.2. The number of aromatic nitrogens is 2. The molecule has 1 N–H and O–H groups in total. The van der Waals surface area contributed by atoms with E-state index in [-0.39, 0.29) is 0 Å². The summed E-state index contributed by atoms with van der Waals surface area (Å²) in [6.07, 6.45) is 5.82. The third kappa shape index (κ3) is 2.96. The number of aromatic amines is 1. The van der Waals surface area contributed by atoms with Gasteiger partial charge in [-0.1, -0.05) is 22.0 Å². The first-order chi connectivity index (χ1) is 9.20. The van der Waals surface area contributed by atoms with Crippen molar-refractivity contribution >= 4 is 54.9 Å². The highest BCUT2D eigenvalue weighted by atomic mass is 79.9. The van der Waals surface area contributed by atoms with Crippen LogP contribution >= 0.6 is 31.9 Å². The SMILES string of the molecule is Brc1ccc(/C=C/c2cc3ccc(Br)cc3[nH]2)nc1. The molecular weight excluding hydrogens is 368 g/mol. The molecular formula is C15H10Br2N2. The van der Waals surface area contributed by atoms with Crippen LogP contribution in [0.4, 0.5) is 0 Å². The van der Waals surface area contributed by atoms with E-state index >= 15 is 0 Å². The zero-order valence-electron chi connectivity index (χ0n) is 9.90. The standard InChI is InChI=1S/C15H10Br2N2/c16-11-2-1-10-7-14(19-15(10)8-11)6-5-13-4-3-12(17)9-18-13/h1-9,19H/b6-5+. The maximum Gasteiger partial charge on any atom is 0.0631 e. The molecule has 0 amide bonds. The summed E-state index contributed by atoms with van der Waals surface area (Å²) in [6.45, 7) is 0. The van der Waals surface area contributed by atoms with Gasteiger partial charge in [0.2, 0.25) is 0 Å². The number of nitrogens with one attached hydrogen (secondary N) is 1. The van der Waals surface area contributed by atoms with Gasteiger partial charge in [-0.2, -0.15) is 0 Å². The minimum atomic E-state index is 0.933. The van der Waals surface area contributed by atoms with Crippen LogP contribution in [0.1, 0.15) is 11.4 Å². The number of pyridine rings is 1. The van der Waals surface area contributed by atoms with Crippen LogP contribution < -0.4 is 0 Å². The second-order valence-electron chi connectivity index (χ2n) is 4.19. The van der Waals surface area contributed by atoms with Crippen molar-refractivity contribution in [1.82, 2.24) is 9.97 Å². The van der Waals surface area contributed by atoms with E-state index in [0.717, 1.165) is 25.8 Å². The van der Waals surface area contributed by atoms with E-state index < -0.39 is 0 Å². The van der Waals surface area contributed by atoms with Crippen molar-refractivity contribution < 1.29 is 0 Å². The molecule has 0 radical (unpaired) electrons. The molecule has 0 bridgehead atoms. The number of fused-ring (bicyclic) bond motifs is 1. The van der Waals surface area contributed by atoms with Crippen molar-refractivity contribution in [3.05, 3.63) is 62.9 Å². The first-order valence-electron chi connectivity index (χ1n) is 5.79. The third-order valence-corrected chi connectivity index (χ3v) is 3.75. The van der Waals surface area contributed by atoms with Crippen LogP contribution in [0.2, 0.25) is 0 Å². The summed E-state index contributed by atoms with van der Waals surface area (Å²) in [5, 5.41) is 1.20. The highest BCUT2D eigenvalue weighted by molar-refractivity contribution is 9.10. The zero-order valence-corrected chi connectivity index (χ0v) is 13.1. The van der Waals surface area contributed by atoms with Gasteiger partial charge in [0.05, 0.1) is 5.69 Å². The Kier molecular flexibility index (Phi) is 3.53. The molecule has 0 fully saturated rings. The molecule has 0 spiro atoms. The highest BCUT2D eigenvalue weighted by Crippen LogP contribution is 2.21. The summed E-state index contributed by atoms with van der Waals surface area (Å²) in [7, 11) is 0. The van der Waals surface area contributed by atoms with E-state index in [4.69, 9.17) is 0 Å². The summed E-state index contributed by atoms with van der Waals surface area (Å²) in [5.41, 5.74) is 3.12. The number of nitrogens with zero attached hydrogens (tertiary/aromatic N) is 1. The Morgan fingerprint density at radius 2 is 1.79 bits per heavy atom. The van der Waals surface area contributed by atoms with Gasteiger partial charge in [0.1, 0.15) is 0 Å². The summed E-state index contributed by atoms with van der Waals surface area (Å²) < 4.78 is 2.06.